The summed E-state index contributed by atoms with van der Waals surface area (Å²) in [7, 11) is 2.87. The molecule has 2 aromatic heterocycles. The molecule has 0 unspecified atom stereocenters. The second-order valence-electron chi connectivity index (χ2n) is 7.31. The molecule has 0 spiro atoms. The van der Waals surface area contributed by atoms with Crippen LogP contribution in [0, 0.1) is 0 Å². The summed E-state index contributed by atoms with van der Waals surface area (Å²) in [6.45, 7) is 6.01. The number of hydrogen-bond acceptors (Lipinski definition) is 9. The van der Waals surface area contributed by atoms with Crippen LogP contribution in [0.3, 0.4) is 0 Å². The first kappa shape index (κ1) is 24.8. The number of H-pyrrole nitrogens is 1. The molecule has 34 heavy (non-hydrogen) atoms. The lowest BCUT2D eigenvalue weighted by Gasteiger charge is -2.16. The van der Waals surface area contributed by atoms with Gasteiger partial charge in [0.2, 0.25) is 0 Å². The summed E-state index contributed by atoms with van der Waals surface area (Å²) in [5, 5.41) is 0.755. The number of aromatic amines is 1. The Hall–Kier alpha value is -3.82. The van der Waals surface area contributed by atoms with Gasteiger partial charge in [-0.2, -0.15) is 0 Å². The van der Waals surface area contributed by atoms with E-state index in [2.05, 4.69) is 9.97 Å². The average Bonchev–Trinajstić information content (AvgIpc) is 3.29. The lowest BCUT2D eigenvalue weighted by atomic mass is 10.0. The first-order valence-electron chi connectivity index (χ1n) is 11.0. The standard InChI is InChI=1S/C24H28N2O8/c1-6-9-33-22(27)13-11-15(24(29)34-10-7-2)26-19-17(13)18-14(20(30-4)21(19)31-5)12-16(25-18)23(28)32-8-3/h11-12,26H,6-10H2,1-5H3. The van der Waals surface area contributed by atoms with Gasteiger partial charge in [-0.15, -0.1) is 0 Å². The van der Waals surface area contributed by atoms with Crippen molar-refractivity contribution >= 4 is 39.7 Å². The van der Waals surface area contributed by atoms with Gasteiger partial charge in [0.15, 0.2) is 11.5 Å². The average molecular weight is 472 g/mol. The van der Waals surface area contributed by atoms with Crippen LogP contribution in [-0.4, -0.2) is 61.9 Å². The topological polar surface area (TPSA) is 126 Å². The molecule has 10 heteroatoms. The van der Waals surface area contributed by atoms with Gasteiger partial charge in [-0.05, 0) is 31.9 Å². The highest BCUT2D eigenvalue weighted by Gasteiger charge is 2.27. The zero-order valence-electron chi connectivity index (χ0n) is 19.9. The smallest absolute Gasteiger partial charge is 0.356 e. The number of pyridine rings is 1. The van der Waals surface area contributed by atoms with Crippen molar-refractivity contribution in [1.29, 1.82) is 0 Å². The van der Waals surface area contributed by atoms with Crippen molar-refractivity contribution < 1.29 is 38.1 Å². The van der Waals surface area contributed by atoms with E-state index in [0.29, 0.717) is 29.1 Å². The highest BCUT2D eigenvalue weighted by Crippen LogP contribution is 2.44. The minimum Gasteiger partial charge on any atom is -0.492 e. The highest BCUT2D eigenvalue weighted by molar-refractivity contribution is 6.20. The number of ether oxygens (including phenoxy) is 5. The molecule has 0 saturated carbocycles. The third-order valence-corrected chi connectivity index (χ3v) is 4.96. The number of methoxy groups -OCH3 is 2. The quantitative estimate of drug-likeness (QED) is 0.343. The van der Waals surface area contributed by atoms with Crippen molar-refractivity contribution in [3.05, 3.63) is 29.1 Å². The van der Waals surface area contributed by atoms with Gasteiger partial charge < -0.3 is 28.7 Å². The molecule has 1 aromatic carbocycles. The van der Waals surface area contributed by atoms with Gasteiger partial charge >= 0.3 is 17.9 Å². The van der Waals surface area contributed by atoms with Crippen LogP contribution >= 0.6 is 0 Å². The Morgan fingerprint density at radius 2 is 1.50 bits per heavy atom. The van der Waals surface area contributed by atoms with E-state index in [0.717, 1.165) is 0 Å². The molecule has 1 N–H and O–H groups in total. The van der Waals surface area contributed by atoms with Gasteiger partial charge in [0, 0.05) is 10.8 Å². The molecule has 0 atom stereocenters. The summed E-state index contributed by atoms with van der Waals surface area (Å²) >= 11 is 0. The number of fused-ring (bicyclic) bond motifs is 3. The number of benzene rings is 1. The molecular weight excluding hydrogens is 444 g/mol. The molecule has 3 rings (SSSR count). The molecule has 0 amide bonds. The normalized spacial score (nSPS) is 10.9. The Morgan fingerprint density at radius 1 is 0.853 bits per heavy atom. The van der Waals surface area contributed by atoms with E-state index in [9.17, 15) is 14.4 Å². The predicted molar refractivity (Wildman–Crippen MR) is 124 cm³/mol. The summed E-state index contributed by atoms with van der Waals surface area (Å²) in [6.07, 6.45) is 1.25. The molecule has 3 aromatic rings. The van der Waals surface area contributed by atoms with Crippen LogP contribution in [0.5, 0.6) is 11.5 Å². The molecule has 182 valence electrons. The maximum Gasteiger partial charge on any atom is 0.356 e. The first-order chi connectivity index (χ1) is 16.4. The van der Waals surface area contributed by atoms with Crippen molar-refractivity contribution in [2.75, 3.05) is 34.0 Å². The van der Waals surface area contributed by atoms with Crippen LogP contribution in [0.1, 0.15) is 64.9 Å². The summed E-state index contributed by atoms with van der Waals surface area (Å²) < 4.78 is 26.9. The fraction of sp³-hybridized carbons (Fsp3) is 0.417. The van der Waals surface area contributed by atoms with Crippen LogP contribution < -0.4 is 9.47 Å². The fourth-order valence-corrected chi connectivity index (χ4v) is 3.54. The highest BCUT2D eigenvalue weighted by atomic mass is 16.5. The Balaban J connectivity index is 2.42. The van der Waals surface area contributed by atoms with E-state index in [1.807, 2.05) is 13.8 Å². The minimum atomic E-state index is -0.653. The molecular formula is C24H28N2O8. The number of aromatic nitrogens is 2. The zero-order chi connectivity index (χ0) is 24.8. The van der Waals surface area contributed by atoms with Gasteiger partial charge in [-0.3, -0.25) is 0 Å². The Bertz CT molecular complexity index is 1230. The maximum absolute atomic E-state index is 13.1. The van der Waals surface area contributed by atoms with Crippen molar-refractivity contribution in [2.45, 2.75) is 33.6 Å². The Labute approximate surface area is 196 Å². The lowest BCUT2D eigenvalue weighted by molar-refractivity contribution is 0.0493. The lowest BCUT2D eigenvalue weighted by Crippen LogP contribution is -2.13. The summed E-state index contributed by atoms with van der Waals surface area (Å²) in [5.41, 5.74) is 0.717. The number of carbonyl (C=O) groups is 3. The summed E-state index contributed by atoms with van der Waals surface area (Å²) in [5.74, 6) is -1.41. The van der Waals surface area contributed by atoms with Crippen molar-refractivity contribution in [3.63, 3.8) is 0 Å². The van der Waals surface area contributed by atoms with Crippen LogP contribution in [-0.2, 0) is 14.2 Å². The third-order valence-electron chi connectivity index (χ3n) is 4.96. The number of rotatable bonds is 10. The van der Waals surface area contributed by atoms with E-state index in [-0.39, 0.29) is 53.8 Å². The summed E-state index contributed by atoms with van der Waals surface area (Å²) in [4.78, 5) is 45.6. The fourth-order valence-electron chi connectivity index (χ4n) is 3.54. The molecule has 0 saturated heterocycles. The van der Waals surface area contributed by atoms with Gasteiger partial charge in [-0.1, -0.05) is 13.8 Å². The van der Waals surface area contributed by atoms with Gasteiger partial charge in [-0.25, -0.2) is 19.4 Å². The second-order valence-corrected chi connectivity index (χ2v) is 7.31. The molecule has 0 aliphatic heterocycles. The minimum absolute atomic E-state index is 0.0290. The molecule has 0 radical (unpaired) electrons. The molecule has 0 aliphatic carbocycles. The maximum atomic E-state index is 13.1. The van der Waals surface area contributed by atoms with E-state index >= 15 is 0 Å². The number of nitrogens with one attached hydrogen (secondary N) is 1. The monoisotopic (exact) mass is 472 g/mol. The number of esters is 3. The number of hydrogen-bond donors (Lipinski definition) is 1. The van der Waals surface area contributed by atoms with Crippen molar-refractivity contribution in [1.82, 2.24) is 9.97 Å². The van der Waals surface area contributed by atoms with Crippen LogP contribution in [0.15, 0.2) is 12.1 Å². The molecule has 2 heterocycles. The predicted octanol–water partition coefficient (Wildman–Crippen LogP) is 4.04. The SMILES string of the molecule is CCCOC(=O)c1cc(C(=O)OCCC)c2c([nH]1)c(OC)c(OC)c1cc(C(=O)OCC)nc12. The van der Waals surface area contributed by atoms with E-state index in [1.165, 1.54) is 26.4 Å². The number of nitrogens with zero attached hydrogens (tertiary/aromatic N) is 1. The van der Waals surface area contributed by atoms with Gasteiger partial charge in [0.05, 0.1) is 50.6 Å². The third kappa shape index (κ3) is 4.61. The van der Waals surface area contributed by atoms with Gasteiger partial charge in [0.1, 0.15) is 11.4 Å². The molecule has 10 nitrogen and oxygen atoms in total. The zero-order valence-corrected chi connectivity index (χ0v) is 19.9. The number of carbonyl (C=O) groups excluding carboxylic acids is 3. The van der Waals surface area contributed by atoms with Crippen LogP contribution in [0.25, 0.3) is 21.8 Å². The molecule has 0 fully saturated rings. The van der Waals surface area contributed by atoms with Crippen LogP contribution in [0.2, 0.25) is 0 Å². The second kappa shape index (κ2) is 10.9. The van der Waals surface area contributed by atoms with E-state index in [1.54, 1.807) is 6.92 Å². The summed E-state index contributed by atoms with van der Waals surface area (Å²) in [6, 6.07) is 2.88. The van der Waals surface area contributed by atoms with Gasteiger partial charge in [0.25, 0.3) is 0 Å². The largest absolute Gasteiger partial charge is 0.492 e. The Kier molecular flexibility index (Phi) is 7.93. The first-order valence-corrected chi connectivity index (χ1v) is 11.0. The van der Waals surface area contributed by atoms with E-state index in [4.69, 9.17) is 23.7 Å². The van der Waals surface area contributed by atoms with Crippen molar-refractivity contribution in [2.24, 2.45) is 0 Å². The molecule has 0 bridgehead atoms. The van der Waals surface area contributed by atoms with E-state index < -0.39 is 17.9 Å². The molecule has 0 aliphatic rings. The Morgan fingerprint density at radius 3 is 2.09 bits per heavy atom. The van der Waals surface area contributed by atoms with Crippen LogP contribution in [0.4, 0.5) is 0 Å². The van der Waals surface area contributed by atoms with Crippen molar-refractivity contribution in [3.8, 4) is 11.5 Å².